The van der Waals surface area contributed by atoms with Gasteiger partial charge in [-0.05, 0) is 40.2 Å². The minimum atomic E-state index is -0.544. The molecule has 1 rings (SSSR count). The Morgan fingerprint density at radius 2 is 1.83 bits per heavy atom. The molecule has 132 valence electrons. The average molecular weight is 333 g/mol. The molecule has 0 fully saturated rings. The molecule has 0 aromatic heterocycles. The maximum atomic E-state index is 11.9. The number of carbonyl (C=O) groups is 2. The van der Waals surface area contributed by atoms with Crippen LogP contribution in [0, 0.1) is 0 Å². The first kappa shape index (κ1) is 19.7. The fraction of sp³-hybridized carbons (Fsp3) is 0.474. The number of carbonyl (C=O) groups excluding carboxylic acids is 2. The number of hydrogen-bond acceptors (Lipinski definition) is 5. The second-order valence-corrected chi connectivity index (χ2v) is 6.48. The van der Waals surface area contributed by atoms with Crippen LogP contribution in [0.2, 0.25) is 0 Å². The Balaban J connectivity index is 2.84. The van der Waals surface area contributed by atoms with Crippen molar-refractivity contribution in [3.8, 4) is 0 Å². The van der Waals surface area contributed by atoms with Crippen LogP contribution in [0.15, 0.2) is 42.1 Å². The molecule has 0 bridgehead atoms. The van der Waals surface area contributed by atoms with Crippen molar-refractivity contribution >= 4 is 11.9 Å². The molecule has 1 N–H and O–H groups in total. The zero-order valence-electron chi connectivity index (χ0n) is 15.1. The van der Waals surface area contributed by atoms with E-state index in [1.54, 1.807) is 13.8 Å². The lowest BCUT2D eigenvalue weighted by molar-refractivity contribution is -0.148. The van der Waals surface area contributed by atoms with E-state index in [9.17, 15) is 9.59 Å². The van der Waals surface area contributed by atoms with Crippen LogP contribution >= 0.6 is 0 Å². The topological polar surface area (TPSA) is 64.6 Å². The summed E-state index contributed by atoms with van der Waals surface area (Å²) >= 11 is 0. The van der Waals surface area contributed by atoms with Gasteiger partial charge in [0.15, 0.2) is 0 Å². The molecule has 0 amide bonds. The largest absolute Gasteiger partial charge is 0.466 e. The summed E-state index contributed by atoms with van der Waals surface area (Å²) in [6.07, 6.45) is 1.57. The number of ether oxygens (including phenoxy) is 2. The second-order valence-electron chi connectivity index (χ2n) is 6.48. The van der Waals surface area contributed by atoms with Crippen LogP contribution in [-0.4, -0.2) is 24.1 Å². The normalized spacial score (nSPS) is 13.1. The number of hydrogen-bond donors (Lipinski definition) is 1. The van der Waals surface area contributed by atoms with E-state index in [4.69, 9.17) is 9.47 Å². The SMILES string of the molecule is CCOC(=O)CC(N/C(C)=C/C(=O)OC(C)(C)C)c1ccccc1. The predicted molar refractivity (Wildman–Crippen MR) is 93.2 cm³/mol. The first-order valence-corrected chi connectivity index (χ1v) is 8.09. The monoisotopic (exact) mass is 333 g/mol. The van der Waals surface area contributed by atoms with Crippen LogP contribution in [0.4, 0.5) is 0 Å². The van der Waals surface area contributed by atoms with Crippen molar-refractivity contribution in [1.82, 2.24) is 5.32 Å². The number of nitrogens with one attached hydrogen (secondary N) is 1. The standard InChI is InChI=1S/C19H27NO4/c1-6-23-17(21)13-16(15-10-8-7-9-11-15)20-14(2)12-18(22)24-19(3,4)5/h7-12,16,20H,6,13H2,1-5H3/b14-12+. The molecule has 1 aromatic rings. The van der Waals surface area contributed by atoms with Gasteiger partial charge in [0.2, 0.25) is 0 Å². The lowest BCUT2D eigenvalue weighted by atomic mass is 10.0. The summed E-state index contributed by atoms with van der Waals surface area (Å²) in [5, 5.41) is 3.20. The summed E-state index contributed by atoms with van der Waals surface area (Å²) in [5.41, 5.74) is 1.03. The molecule has 0 heterocycles. The van der Waals surface area contributed by atoms with Crippen LogP contribution in [0.5, 0.6) is 0 Å². The van der Waals surface area contributed by atoms with E-state index < -0.39 is 11.6 Å². The maximum Gasteiger partial charge on any atom is 0.333 e. The molecular formula is C19H27NO4. The van der Waals surface area contributed by atoms with Crippen LogP contribution in [-0.2, 0) is 19.1 Å². The van der Waals surface area contributed by atoms with Gasteiger partial charge < -0.3 is 14.8 Å². The van der Waals surface area contributed by atoms with Crippen LogP contribution in [0.3, 0.4) is 0 Å². The van der Waals surface area contributed by atoms with Gasteiger partial charge >= 0.3 is 11.9 Å². The summed E-state index contributed by atoms with van der Waals surface area (Å²) < 4.78 is 10.3. The van der Waals surface area contributed by atoms with Gasteiger partial charge in [-0.15, -0.1) is 0 Å². The minimum Gasteiger partial charge on any atom is -0.466 e. The highest BCUT2D eigenvalue weighted by Gasteiger charge is 2.18. The van der Waals surface area contributed by atoms with Crippen molar-refractivity contribution in [3.63, 3.8) is 0 Å². The number of rotatable bonds is 7. The third-order valence-electron chi connectivity index (χ3n) is 3.02. The molecule has 0 saturated heterocycles. The van der Waals surface area contributed by atoms with E-state index in [1.807, 2.05) is 51.1 Å². The number of esters is 2. The Hall–Kier alpha value is -2.30. The quantitative estimate of drug-likeness (QED) is 0.611. The molecule has 0 saturated carbocycles. The van der Waals surface area contributed by atoms with E-state index >= 15 is 0 Å². The molecular weight excluding hydrogens is 306 g/mol. The fourth-order valence-corrected chi connectivity index (χ4v) is 2.15. The van der Waals surface area contributed by atoms with Crippen LogP contribution in [0.25, 0.3) is 0 Å². The summed E-state index contributed by atoms with van der Waals surface area (Å²) in [7, 11) is 0. The Bertz CT molecular complexity index is 573. The van der Waals surface area contributed by atoms with Crippen molar-refractivity contribution in [2.75, 3.05) is 6.61 Å². The Labute approximate surface area is 144 Å². The molecule has 5 heteroatoms. The fourth-order valence-electron chi connectivity index (χ4n) is 2.15. The summed E-state index contributed by atoms with van der Waals surface area (Å²) in [4.78, 5) is 23.7. The van der Waals surface area contributed by atoms with E-state index in [-0.39, 0.29) is 18.4 Å². The molecule has 0 spiro atoms. The Kier molecular flexibility index (Phi) is 7.49. The van der Waals surface area contributed by atoms with Crippen molar-refractivity contribution in [2.24, 2.45) is 0 Å². The zero-order chi connectivity index (χ0) is 18.2. The van der Waals surface area contributed by atoms with Crippen LogP contribution < -0.4 is 5.32 Å². The van der Waals surface area contributed by atoms with E-state index in [1.165, 1.54) is 6.08 Å². The highest BCUT2D eigenvalue weighted by atomic mass is 16.6. The van der Waals surface area contributed by atoms with Crippen molar-refractivity contribution in [2.45, 2.75) is 52.7 Å². The van der Waals surface area contributed by atoms with Gasteiger partial charge in [0.1, 0.15) is 5.60 Å². The summed E-state index contributed by atoms with van der Waals surface area (Å²) in [6.45, 7) is 9.33. The van der Waals surface area contributed by atoms with Crippen LogP contribution in [0.1, 0.15) is 52.6 Å². The molecule has 5 nitrogen and oxygen atoms in total. The summed E-state index contributed by atoms with van der Waals surface area (Å²) in [5.74, 6) is -0.709. The van der Waals surface area contributed by atoms with Gasteiger partial charge in [-0.25, -0.2) is 4.79 Å². The first-order valence-electron chi connectivity index (χ1n) is 8.09. The minimum absolute atomic E-state index is 0.178. The van der Waals surface area contributed by atoms with Gasteiger partial charge in [0.05, 0.1) is 19.1 Å². The second kappa shape index (κ2) is 9.11. The highest BCUT2D eigenvalue weighted by molar-refractivity contribution is 5.83. The lowest BCUT2D eigenvalue weighted by Crippen LogP contribution is -2.26. The Morgan fingerprint density at radius 3 is 2.38 bits per heavy atom. The summed E-state index contributed by atoms with van der Waals surface area (Å²) in [6, 6.07) is 9.30. The van der Waals surface area contributed by atoms with E-state index in [0.29, 0.717) is 12.3 Å². The zero-order valence-corrected chi connectivity index (χ0v) is 15.1. The molecule has 1 unspecified atom stereocenters. The maximum absolute atomic E-state index is 11.9. The van der Waals surface area contributed by atoms with Crippen molar-refractivity contribution < 1.29 is 19.1 Å². The molecule has 0 aliphatic heterocycles. The molecule has 0 radical (unpaired) electrons. The average Bonchev–Trinajstić information content (AvgIpc) is 2.45. The van der Waals surface area contributed by atoms with Gasteiger partial charge in [0.25, 0.3) is 0 Å². The lowest BCUT2D eigenvalue weighted by Gasteiger charge is -2.21. The highest BCUT2D eigenvalue weighted by Crippen LogP contribution is 2.19. The molecule has 24 heavy (non-hydrogen) atoms. The third-order valence-corrected chi connectivity index (χ3v) is 3.02. The third kappa shape index (κ3) is 7.81. The van der Waals surface area contributed by atoms with E-state index in [2.05, 4.69) is 5.32 Å². The number of allylic oxidation sites excluding steroid dienone is 1. The Morgan fingerprint density at radius 1 is 1.21 bits per heavy atom. The van der Waals surface area contributed by atoms with Gasteiger partial charge in [-0.2, -0.15) is 0 Å². The molecule has 0 aliphatic carbocycles. The van der Waals surface area contributed by atoms with Gasteiger partial charge in [-0.1, -0.05) is 30.3 Å². The number of benzene rings is 1. The van der Waals surface area contributed by atoms with Crippen molar-refractivity contribution in [1.29, 1.82) is 0 Å². The first-order chi connectivity index (χ1) is 11.2. The van der Waals surface area contributed by atoms with Gasteiger partial charge in [0, 0.05) is 11.8 Å². The van der Waals surface area contributed by atoms with E-state index in [0.717, 1.165) is 5.56 Å². The smallest absolute Gasteiger partial charge is 0.333 e. The van der Waals surface area contributed by atoms with Crippen molar-refractivity contribution in [3.05, 3.63) is 47.7 Å². The molecule has 0 aliphatic rings. The molecule has 1 aromatic carbocycles. The van der Waals surface area contributed by atoms with Gasteiger partial charge in [-0.3, -0.25) is 4.79 Å². The predicted octanol–water partition coefficient (Wildman–Crippen LogP) is 3.52. The molecule has 1 atom stereocenters.